The van der Waals surface area contributed by atoms with E-state index in [1.807, 2.05) is 0 Å². The number of carbonyl (C=O) groups excluding carboxylic acids is 2. The minimum absolute atomic E-state index is 0.0156. The summed E-state index contributed by atoms with van der Waals surface area (Å²) in [4.78, 5) is 28.5. The van der Waals surface area contributed by atoms with Crippen LogP contribution in [0.5, 0.6) is 5.88 Å². The van der Waals surface area contributed by atoms with E-state index in [-0.39, 0.29) is 40.2 Å². The fourth-order valence-electron chi connectivity index (χ4n) is 2.48. The molecule has 29 heavy (non-hydrogen) atoms. The normalized spacial score (nSPS) is 12.0. The Balaban J connectivity index is 2.04. The number of amides is 2. The molecule has 0 bridgehead atoms. The van der Waals surface area contributed by atoms with Crippen molar-refractivity contribution in [3.05, 3.63) is 51.7 Å². The number of nitrogens with zero attached hydrogens (tertiary/aromatic N) is 1. The molecule has 0 fully saturated rings. The molecule has 11 heteroatoms. The van der Waals surface area contributed by atoms with Crippen molar-refractivity contribution >= 4 is 51.8 Å². The monoisotopic (exact) mass is 439 g/mol. The van der Waals surface area contributed by atoms with E-state index in [0.717, 1.165) is 0 Å². The summed E-state index contributed by atoms with van der Waals surface area (Å²) >= 11 is 12.0. The van der Waals surface area contributed by atoms with Gasteiger partial charge in [-0.1, -0.05) is 23.2 Å². The van der Waals surface area contributed by atoms with Crippen molar-refractivity contribution in [2.24, 2.45) is 5.73 Å². The van der Waals surface area contributed by atoms with Crippen LogP contribution in [0.4, 0.5) is 10.5 Å². The number of nitrogens with two attached hydrogens (primary N) is 1. The van der Waals surface area contributed by atoms with Gasteiger partial charge in [0.15, 0.2) is 0 Å². The van der Waals surface area contributed by atoms with Gasteiger partial charge >= 0.3 is 6.03 Å². The van der Waals surface area contributed by atoms with E-state index >= 15 is 0 Å². The summed E-state index contributed by atoms with van der Waals surface area (Å²) < 4.78 is 10.8. The lowest BCUT2D eigenvalue weighted by molar-refractivity contribution is 0.0521. The molecule has 3 aromatic rings. The predicted molar refractivity (Wildman–Crippen MR) is 106 cm³/mol. The zero-order valence-electron chi connectivity index (χ0n) is 14.7. The van der Waals surface area contributed by atoms with Crippen molar-refractivity contribution in [2.45, 2.75) is 6.10 Å². The topological polar surface area (TPSA) is 148 Å². The number of furan rings is 1. The number of hydrogen-bond donors (Lipinski definition) is 4. The highest BCUT2D eigenvalue weighted by Crippen LogP contribution is 2.34. The molecule has 1 unspecified atom stereocenters. The van der Waals surface area contributed by atoms with Gasteiger partial charge in [0.1, 0.15) is 18.4 Å². The van der Waals surface area contributed by atoms with Crippen LogP contribution < -0.4 is 15.8 Å². The number of aliphatic hydroxyl groups is 2. The second-order valence-electron chi connectivity index (χ2n) is 5.90. The first kappa shape index (κ1) is 20.9. The van der Waals surface area contributed by atoms with E-state index in [2.05, 4.69) is 10.3 Å². The van der Waals surface area contributed by atoms with Crippen LogP contribution >= 0.6 is 23.2 Å². The zero-order valence-corrected chi connectivity index (χ0v) is 16.2. The van der Waals surface area contributed by atoms with Gasteiger partial charge in [-0.25, -0.2) is 4.79 Å². The molecule has 3 rings (SSSR count). The summed E-state index contributed by atoms with van der Waals surface area (Å²) in [6.07, 6.45) is -1.08. The Bertz CT molecular complexity index is 1080. The van der Waals surface area contributed by atoms with E-state index in [0.29, 0.717) is 10.4 Å². The number of nitrogens with one attached hydrogen (secondary N) is 1. The number of anilines is 1. The van der Waals surface area contributed by atoms with Gasteiger partial charge in [0, 0.05) is 16.7 Å². The standard InChI is InChI=1S/C18H15Cl2N3O6/c19-8-1-2-10(12(20)5-8)15(26)16-14(23-18(21)27)11-3-4-13(22-17(11)29-16)28-7-9(25)6-24/h1-5,9,24-25H,6-7H2,(H3,21,23,27). The van der Waals surface area contributed by atoms with Crippen molar-refractivity contribution in [1.29, 1.82) is 0 Å². The number of primary amides is 1. The first-order valence-corrected chi connectivity index (χ1v) is 8.97. The molecule has 1 atom stereocenters. The number of ether oxygens (including phenoxy) is 1. The average molecular weight is 440 g/mol. The third kappa shape index (κ3) is 4.60. The van der Waals surface area contributed by atoms with Crippen molar-refractivity contribution < 1.29 is 29.0 Å². The second-order valence-corrected chi connectivity index (χ2v) is 6.74. The van der Waals surface area contributed by atoms with Gasteiger partial charge in [0.05, 0.1) is 17.0 Å². The highest BCUT2D eigenvalue weighted by Gasteiger charge is 2.25. The molecule has 0 radical (unpaired) electrons. The number of carbonyl (C=O) groups is 2. The summed E-state index contributed by atoms with van der Waals surface area (Å²) in [7, 11) is 0. The lowest BCUT2D eigenvalue weighted by atomic mass is 10.1. The van der Waals surface area contributed by atoms with Gasteiger partial charge in [0.2, 0.25) is 23.1 Å². The molecule has 152 valence electrons. The molecule has 9 nitrogen and oxygen atoms in total. The summed E-state index contributed by atoms with van der Waals surface area (Å²) in [5.41, 5.74) is 5.33. The number of pyridine rings is 1. The van der Waals surface area contributed by atoms with E-state index in [9.17, 15) is 14.7 Å². The number of aromatic nitrogens is 1. The molecular weight excluding hydrogens is 425 g/mol. The SMILES string of the molecule is NC(=O)Nc1c(C(=O)c2ccc(Cl)cc2Cl)oc2nc(OCC(O)CO)ccc12. The van der Waals surface area contributed by atoms with Gasteiger partial charge in [-0.05, 0) is 24.3 Å². The number of rotatable bonds is 7. The molecular formula is C18H15Cl2N3O6. The van der Waals surface area contributed by atoms with Crippen LogP contribution in [-0.4, -0.2) is 46.3 Å². The minimum atomic E-state index is -1.08. The number of aliphatic hydroxyl groups excluding tert-OH is 2. The maximum atomic E-state index is 13.0. The fourth-order valence-corrected chi connectivity index (χ4v) is 2.97. The molecule has 2 aromatic heterocycles. The fraction of sp³-hybridized carbons (Fsp3) is 0.167. The third-order valence-electron chi connectivity index (χ3n) is 3.79. The maximum Gasteiger partial charge on any atom is 0.316 e. The first-order chi connectivity index (χ1) is 13.8. The van der Waals surface area contributed by atoms with Crippen molar-refractivity contribution in [3.63, 3.8) is 0 Å². The summed E-state index contributed by atoms with van der Waals surface area (Å²) in [5, 5.41) is 21.3. The summed E-state index contributed by atoms with van der Waals surface area (Å²) in [6, 6.07) is 6.34. The third-order valence-corrected chi connectivity index (χ3v) is 4.34. The number of hydrogen-bond acceptors (Lipinski definition) is 7. The van der Waals surface area contributed by atoms with Gasteiger partial charge in [-0.15, -0.1) is 0 Å². The van der Waals surface area contributed by atoms with Crippen LogP contribution in [0.3, 0.4) is 0 Å². The van der Waals surface area contributed by atoms with E-state index < -0.39 is 24.5 Å². The van der Waals surface area contributed by atoms with Crippen molar-refractivity contribution in [3.8, 4) is 5.88 Å². The molecule has 1 aromatic carbocycles. The Hall–Kier alpha value is -2.85. The van der Waals surface area contributed by atoms with Crippen molar-refractivity contribution in [2.75, 3.05) is 18.5 Å². The molecule has 0 spiro atoms. The molecule has 0 aliphatic carbocycles. The number of halogens is 2. The van der Waals surface area contributed by atoms with E-state index in [1.165, 1.54) is 30.3 Å². The molecule has 2 amide bonds. The second kappa shape index (κ2) is 8.66. The van der Waals surface area contributed by atoms with Crippen LogP contribution in [0.1, 0.15) is 16.1 Å². The first-order valence-electron chi connectivity index (χ1n) is 8.21. The van der Waals surface area contributed by atoms with Crippen LogP contribution in [0.25, 0.3) is 11.1 Å². The van der Waals surface area contributed by atoms with Gasteiger partial charge < -0.3 is 30.4 Å². The Morgan fingerprint density at radius 1 is 1.28 bits per heavy atom. The molecule has 0 aliphatic rings. The number of urea groups is 1. The number of benzene rings is 1. The Morgan fingerprint density at radius 3 is 2.69 bits per heavy atom. The van der Waals surface area contributed by atoms with Crippen molar-refractivity contribution in [1.82, 2.24) is 4.98 Å². The smallest absolute Gasteiger partial charge is 0.316 e. The number of ketones is 1. The van der Waals surface area contributed by atoms with E-state index in [1.54, 1.807) is 0 Å². The number of fused-ring (bicyclic) bond motifs is 1. The van der Waals surface area contributed by atoms with Crippen LogP contribution in [0.15, 0.2) is 34.7 Å². The molecule has 0 saturated carbocycles. The van der Waals surface area contributed by atoms with Gasteiger partial charge in [-0.2, -0.15) is 4.98 Å². The summed E-state index contributed by atoms with van der Waals surface area (Å²) in [6.45, 7) is -0.676. The molecule has 2 heterocycles. The van der Waals surface area contributed by atoms with Crippen LogP contribution in [0, 0.1) is 0 Å². The maximum absolute atomic E-state index is 13.0. The highest BCUT2D eigenvalue weighted by molar-refractivity contribution is 6.37. The molecule has 5 N–H and O–H groups in total. The lowest BCUT2D eigenvalue weighted by Gasteiger charge is -2.08. The largest absolute Gasteiger partial charge is 0.475 e. The molecule has 0 aliphatic heterocycles. The Kier molecular flexibility index (Phi) is 6.23. The molecule has 0 saturated heterocycles. The van der Waals surface area contributed by atoms with Crippen LogP contribution in [0.2, 0.25) is 10.0 Å². The van der Waals surface area contributed by atoms with E-state index in [4.69, 9.17) is 43.2 Å². The minimum Gasteiger partial charge on any atom is -0.475 e. The quantitative estimate of drug-likeness (QED) is 0.413. The predicted octanol–water partition coefficient (Wildman–Crippen LogP) is 2.59. The summed E-state index contributed by atoms with van der Waals surface area (Å²) in [5.74, 6) is -0.775. The zero-order chi connectivity index (χ0) is 21.1. The Morgan fingerprint density at radius 2 is 2.03 bits per heavy atom. The van der Waals surface area contributed by atoms with Gasteiger partial charge in [-0.3, -0.25) is 4.79 Å². The average Bonchev–Trinajstić information content (AvgIpc) is 3.02. The lowest BCUT2D eigenvalue weighted by Crippen LogP contribution is -2.21. The van der Waals surface area contributed by atoms with Crippen LogP contribution in [-0.2, 0) is 0 Å². The Labute approximate surface area is 174 Å². The highest BCUT2D eigenvalue weighted by atomic mass is 35.5. The van der Waals surface area contributed by atoms with Gasteiger partial charge in [0.25, 0.3) is 0 Å².